The Morgan fingerprint density at radius 3 is 2.57 bits per heavy atom. The lowest BCUT2D eigenvalue weighted by Crippen LogP contribution is -2.47. The van der Waals surface area contributed by atoms with Gasteiger partial charge in [-0.3, -0.25) is 9.48 Å². The van der Waals surface area contributed by atoms with Gasteiger partial charge in [0, 0.05) is 25.5 Å². The number of aromatic nitrogens is 3. The summed E-state index contributed by atoms with van der Waals surface area (Å²) < 4.78 is 42.4. The largest absolute Gasteiger partial charge is 0.419 e. The van der Waals surface area contributed by atoms with Gasteiger partial charge in [-0.25, -0.2) is 4.98 Å². The number of hydrogen-bond donors (Lipinski definition) is 3. The Hall–Kier alpha value is -3.30. The number of hydrogen-bond acceptors (Lipinski definition) is 5. The fraction of sp³-hybridized carbons (Fsp3) is 0.350. The molecule has 7 nitrogen and oxygen atoms in total. The van der Waals surface area contributed by atoms with E-state index in [0.717, 1.165) is 11.8 Å². The smallest absolute Gasteiger partial charge is 0.377 e. The first-order valence-electron chi connectivity index (χ1n) is 9.19. The van der Waals surface area contributed by atoms with E-state index in [4.69, 9.17) is 5.73 Å². The number of nitrogens with one attached hydrogen (secondary N) is 2. The molecule has 0 aliphatic heterocycles. The van der Waals surface area contributed by atoms with Gasteiger partial charge >= 0.3 is 6.18 Å². The van der Waals surface area contributed by atoms with Crippen molar-refractivity contribution in [2.75, 3.05) is 10.6 Å². The normalized spacial score (nSPS) is 21.3. The van der Waals surface area contributed by atoms with Crippen molar-refractivity contribution in [3.05, 3.63) is 53.5 Å². The van der Waals surface area contributed by atoms with Crippen molar-refractivity contribution in [1.29, 1.82) is 0 Å². The number of carbonyl (C=O) groups excluding carboxylic acids is 1. The van der Waals surface area contributed by atoms with Crippen molar-refractivity contribution in [3.8, 4) is 0 Å². The molecule has 30 heavy (non-hydrogen) atoms. The first kappa shape index (κ1) is 21.4. The lowest BCUT2D eigenvalue weighted by molar-refractivity contribution is -0.137. The average molecular weight is 420 g/mol. The second-order valence-corrected chi connectivity index (χ2v) is 7.56. The van der Waals surface area contributed by atoms with Crippen molar-refractivity contribution >= 4 is 23.1 Å². The third-order valence-electron chi connectivity index (χ3n) is 5.05. The second-order valence-electron chi connectivity index (χ2n) is 7.56. The number of pyridine rings is 1. The molecular weight excluding hydrogens is 397 g/mol. The van der Waals surface area contributed by atoms with Gasteiger partial charge in [0.25, 0.3) is 0 Å². The third-order valence-corrected chi connectivity index (χ3v) is 5.05. The Kier molecular flexibility index (Phi) is 5.36. The molecule has 3 rings (SSSR count). The number of halogens is 3. The van der Waals surface area contributed by atoms with E-state index in [1.165, 1.54) is 6.07 Å². The van der Waals surface area contributed by atoms with Gasteiger partial charge in [0.1, 0.15) is 5.82 Å². The molecule has 0 bridgehead atoms. The van der Waals surface area contributed by atoms with Crippen molar-refractivity contribution in [2.24, 2.45) is 18.2 Å². The summed E-state index contributed by atoms with van der Waals surface area (Å²) >= 11 is 0. The van der Waals surface area contributed by atoms with Crippen LogP contribution in [0.25, 0.3) is 0 Å². The molecule has 1 aliphatic rings. The minimum absolute atomic E-state index is 0.203. The number of primary amides is 1. The monoisotopic (exact) mass is 420 g/mol. The molecule has 0 radical (unpaired) electrons. The van der Waals surface area contributed by atoms with E-state index in [-0.39, 0.29) is 11.5 Å². The van der Waals surface area contributed by atoms with Crippen LogP contribution in [-0.2, 0) is 18.0 Å². The summed E-state index contributed by atoms with van der Waals surface area (Å²) in [6.45, 7) is 5.15. The molecule has 2 heterocycles. The van der Waals surface area contributed by atoms with Crippen LogP contribution < -0.4 is 16.4 Å². The molecule has 1 amide bonds. The van der Waals surface area contributed by atoms with Gasteiger partial charge in [-0.2, -0.15) is 18.3 Å². The lowest BCUT2D eigenvalue weighted by atomic mass is 9.76. The molecule has 160 valence electrons. The summed E-state index contributed by atoms with van der Waals surface area (Å²) in [5, 5.41) is 10.0. The quantitative estimate of drug-likeness (QED) is 0.686. The second kappa shape index (κ2) is 7.51. The van der Waals surface area contributed by atoms with Crippen LogP contribution in [0.2, 0.25) is 0 Å². The number of rotatable bonds is 5. The van der Waals surface area contributed by atoms with Crippen LogP contribution in [0, 0.1) is 12.3 Å². The molecule has 4 N–H and O–H groups in total. The number of carbonyl (C=O) groups is 1. The summed E-state index contributed by atoms with van der Waals surface area (Å²) in [4.78, 5) is 16.0. The number of allylic oxidation sites excluding steroid dienone is 2. The van der Waals surface area contributed by atoms with Crippen LogP contribution in [0.3, 0.4) is 0 Å². The van der Waals surface area contributed by atoms with Crippen LogP contribution in [-0.4, -0.2) is 26.7 Å². The Morgan fingerprint density at radius 1 is 1.30 bits per heavy atom. The van der Waals surface area contributed by atoms with E-state index >= 15 is 0 Å². The minimum atomic E-state index is -4.63. The first-order chi connectivity index (χ1) is 13.9. The van der Waals surface area contributed by atoms with Gasteiger partial charge in [0.15, 0.2) is 0 Å². The Labute approximate surface area is 171 Å². The molecule has 2 unspecified atom stereocenters. The molecular formula is C20H23F3N6O. The predicted molar refractivity (Wildman–Crippen MR) is 108 cm³/mol. The molecule has 0 fully saturated rings. The first-order valence-corrected chi connectivity index (χ1v) is 9.19. The number of aryl methyl sites for hydroxylation is 2. The standard InChI is InChI=1S/C20H23F3N6O/c1-11-5-6-16(19(3,8-11)18(24)30)26-14-7-17(25-9-13(14)20(21,22)23)27-15-10-29(4)28-12(15)2/h5-10,16H,1-4H3,(H2,24,30)(H2,25,26,27). The van der Waals surface area contributed by atoms with E-state index < -0.39 is 29.1 Å². The van der Waals surface area contributed by atoms with Crippen LogP contribution in [0.5, 0.6) is 0 Å². The zero-order chi connectivity index (χ0) is 22.3. The van der Waals surface area contributed by atoms with E-state index in [1.807, 2.05) is 0 Å². The lowest BCUT2D eigenvalue weighted by Gasteiger charge is -2.35. The van der Waals surface area contributed by atoms with Gasteiger partial charge in [-0.05, 0) is 20.8 Å². The number of nitrogens with two attached hydrogens (primary N) is 1. The fourth-order valence-electron chi connectivity index (χ4n) is 3.38. The van der Waals surface area contributed by atoms with Gasteiger partial charge in [-0.1, -0.05) is 23.8 Å². The average Bonchev–Trinajstić information content (AvgIpc) is 2.93. The molecule has 1 aliphatic carbocycles. The van der Waals surface area contributed by atoms with Gasteiger partial charge in [0.2, 0.25) is 5.91 Å². The summed E-state index contributed by atoms with van der Waals surface area (Å²) in [7, 11) is 1.74. The predicted octanol–water partition coefficient (Wildman–Crippen LogP) is 3.67. The van der Waals surface area contributed by atoms with E-state index in [9.17, 15) is 18.0 Å². The van der Waals surface area contributed by atoms with Crippen molar-refractivity contribution in [1.82, 2.24) is 14.8 Å². The van der Waals surface area contributed by atoms with Gasteiger partial charge in [0.05, 0.1) is 34.1 Å². The zero-order valence-corrected chi connectivity index (χ0v) is 17.0. The Morgan fingerprint density at radius 2 is 2.00 bits per heavy atom. The minimum Gasteiger partial charge on any atom is -0.377 e. The SMILES string of the molecule is CC1=CC(C)(C(N)=O)C(Nc2cc(Nc3cn(C)nc3C)ncc2C(F)(F)F)C=C1. The molecule has 0 saturated heterocycles. The maximum absolute atomic E-state index is 13.6. The number of alkyl halides is 3. The maximum atomic E-state index is 13.6. The molecule has 0 spiro atoms. The highest BCUT2D eigenvalue weighted by Crippen LogP contribution is 2.39. The zero-order valence-electron chi connectivity index (χ0n) is 17.0. The highest BCUT2D eigenvalue weighted by atomic mass is 19.4. The van der Waals surface area contributed by atoms with Crippen molar-refractivity contribution in [2.45, 2.75) is 33.0 Å². The van der Waals surface area contributed by atoms with Crippen molar-refractivity contribution in [3.63, 3.8) is 0 Å². The van der Waals surface area contributed by atoms with Crippen molar-refractivity contribution < 1.29 is 18.0 Å². The highest BCUT2D eigenvalue weighted by Gasteiger charge is 2.40. The van der Waals surface area contributed by atoms with E-state index in [2.05, 4.69) is 20.7 Å². The van der Waals surface area contributed by atoms with E-state index in [1.54, 1.807) is 56.9 Å². The highest BCUT2D eigenvalue weighted by molar-refractivity contribution is 5.85. The number of nitrogens with zero attached hydrogens (tertiary/aromatic N) is 3. The topological polar surface area (TPSA) is 97.9 Å². The molecule has 2 atom stereocenters. The van der Waals surface area contributed by atoms with Crippen LogP contribution >= 0.6 is 0 Å². The van der Waals surface area contributed by atoms with Gasteiger partial charge < -0.3 is 16.4 Å². The van der Waals surface area contributed by atoms with Crippen LogP contribution in [0.1, 0.15) is 25.1 Å². The van der Waals surface area contributed by atoms with Crippen LogP contribution in [0.15, 0.2) is 42.3 Å². The summed E-state index contributed by atoms with van der Waals surface area (Å²) in [6, 6.07) is 0.491. The Balaban J connectivity index is 2.00. The van der Waals surface area contributed by atoms with E-state index in [0.29, 0.717) is 11.4 Å². The van der Waals surface area contributed by atoms with Crippen LogP contribution in [0.4, 0.5) is 30.4 Å². The summed E-state index contributed by atoms with van der Waals surface area (Å²) in [5.74, 6) is -0.440. The molecule has 10 heteroatoms. The molecule has 2 aromatic heterocycles. The fourth-order valence-corrected chi connectivity index (χ4v) is 3.38. The molecule has 0 saturated carbocycles. The molecule has 0 aromatic carbocycles. The maximum Gasteiger partial charge on any atom is 0.419 e. The van der Waals surface area contributed by atoms with Gasteiger partial charge in [-0.15, -0.1) is 0 Å². The Bertz CT molecular complexity index is 1040. The molecule has 2 aromatic rings. The summed E-state index contributed by atoms with van der Waals surface area (Å²) in [6.07, 6.45) is 2.84. The summed E-state index contributed by atoms with van der Waals surface area (Å²) in [5.41, 5.74) is 5.31. The third kappa shape index (κ3) is 4.17. The number of amides is 1. The number of anilines is 3.